The van der Waals surface area contributed by atoms with Crippen LogP contribution in [0.15, 0.2) is 22.8 Å². The molecule has 1 aromatic heterocycles. The summed E-state index contributed by atoms with van der Waals surface area (Å²) in [6.07, 6.45) is -0.0350. The Kier molecular flexibility index (Phi) is 4.33. The third-order valence-corrected chi connectivity index (χ3v) is 3.65. The molecule has 10 nitrogen and oxygen atoms in total. The Bertz CT molecular complexity index is 847. The molecule has 1 unspecified atom stereocenters. The zero-order valence-corrected chi connectivity index (χ0v) is 13.5. The number of ether oxygens (including phenoxy) is 1. The molecule has 25 heavy (non-hydrogen) atoms. The first kappa shape index (κ1) is 16.4. The molecule has 1 aliphatic heterocycles. The SMILES string of the molecule is COc1cccc2c1NC(=O)CC2C(=O)Nc1nonc1NC(C)=O. The monoisotopic (exact) mass is 345 g/mol. The fraction of sp³-hybridized carbons (Fsp3) is 0.267. The van der Waals surface area contributed by atoms with Crippen LogP contribution in [0.2, 0.25) is 0 Å². The number of aromatic nitrogens is 2. The lowest BCUT2D eigenvalue weighted by molar-refractivity contribution is -0.123. The minimum absolute atomic E-state index is 0.00743. The van der Waals surface area contributed by atoms with Crippen LogP contribution < -0.4 is 20.7 Å². The number of para-hydroxylation sites is 1. The molecule has 0 aliphatic carbocycles. The summed E-state index contributed by atoms with van der Waals surface area (Å²) in [5, 5.41) is 14.7. The van der Waals surface area contributed by atoms with Gasteiger partial charge in [0.25, 0.3) is 0 Å². The van der Waals surface area contributed by atoms with E-state index >= 15 is 0 Å². The minimum atomic E-state index is -0.749. The number of nitrogens with one attached hydrogen (secondary N) is 3. The number of methoxy groups -OCH3 is 1. The van der Waals surface area contributed by atoms with Gasteiger partial charge in [-0.15, -0.1) is 0 Å². The van der Waals surface area contributed by atoms with Gasteiger partial charge in [-0.2, -0.15) is 0 Å². The first-order chi connectivity index (χ1) is 12.0. The largest absolute Gasteiger partial charge is 0.495 e. The summed E-state index contributed by atoms with van der Waals surface area (Å²) in [7, 11) is 1.48. The van der Waals surface area contributed by atoms with Gasteiger partial charge in [-0.3, -0.25) is 14.4 Å². The Hall–Kier alpha value is -3.43. The summed E-state index contributed by atoms with van der Waals surface area (Å²) in [5.74, 6) is -1.50. The van der Waals surface area contributed by atoms with Crippen LogP contribution in [0.3, 0.4) is 0 Å². The van der Waals surface area contributed by atoms with Crippen LogP contribution in [0, 0.1) is 0 Å². The number of hydrogen-bond acceptors (Lipinski definition) is 7. The van der Waals surface area contributed by atoms with Crippen LogP contribution in [0.25, 0.3) is 0 Å². The van der Waals surface area contributed by atoms with E-state index in [2.05, 4.69) is 30.9 Å². The molecule has 1 aromatic carbocycles. The quantitative estimate of drug-likeness (QED) is 0.755. The summed E-state index contributed by atoms with van der Waals surface area (Å²) in [4.78, 5) is 35.8. The van der Waals surface area contributed by atoms with Crippen LogP contribution in [0.4, 0.5) is 17.3 Å². The van der Waals surface area contributed by atoms with E-state index in [9.17, 15) is 14.4 Å². The lowest BCUT2D eigenvalue weighted by Gasteiger charge is -2.25. The van der Waals surface area contributed by atoms with Crippen molar-refractivity contribution in [3.8, 4) is 5.75 Å². The highest BCUT2D eigenvalue weighted by molar-refractivity contribution is 6.06. The molecule has 0 saturated heterocycles. The van der Waals surface area contributed by atoms with E-state index in [1.165, 1.54) is 14.0 Å². The van der Waals surface area contributed by atoms with E-state index in [1.807, 2.05) is 0 Å². The average molecular weight is 345 g/mol. The fourth-order valence-corrected chi connectivity index (χ4v) is 2.59. The van der Waals surface area contributed by atoms with Crippen molar-refractivity contribution in [1.29, 1.82) is 0 Å². The topological polar surface area (TPSA) is 135 Å². The van der Waals surface area contributed by atoms with Crippen molar-refractivity contribution >= 4 is 35.0 Å². The van der Waals surface area contributed by atoms with Gasteiger partial charge < -0.3 is 20.7 Å². The molecule has 0 fully saturated rings. The number of hydrogen-bond donors (Lipinski definition) is 3. The normalized spacial score (nSPS) is 15.8. The highest BCUT2D eigenvalue weighted by atomic mass is 16.6. The van der Waals surface area contributed by atoms with Crippen LogP contribution in [0.1, 0.15) is 24.8 Å². The molecular formula is C15H15N5O5. The molecule has 3 amide bonds. The second kappa shape index (κ2) is 6.59. The number of carbonyl (C=O) groups excluding carboxylic acids is 3. The molecule has 1 aliphatic rings. The summed E-state index contributed by atoms with van der Waals surface area (Å²) >= 11 is 0. The van der Waals surface area contributed by atoms with Gasteiger partial charge in [-0.1, -0.05) is 12.1 Å². The minimum Gasteiger partial charge on any atom is -0.495 e. The molecule has 0 saturated carbocycles. The molecule has 0 spiro atoms. The van der Waals surface area contributed by atoms with Gasteiger partial charge in [0.1, 0.15) is 5.75 Å². The van der Waals surface area contributed by atoms with E-state index in [0.717, 1.165) is 0 Å². The third-order valence-electron chi connectivity index (χ3n) is 3.65. The maximum absolute atomic E-state index is 12.7. The second-order valence-electron chi connectivity index (χ2n) is 5.36. The standard InChI is InChI=1S/C15H15N5O5/c1-7(21)16-13-14(20-25-19-13)18-15(23)9-6-11(22)17-12-8(9)4-3-5-10(12)24-2/h3-5,9H,6H2,1-2H3,(H,17,22)(H,16,19,21)(H,18,20,23). The van der Waals surface area contributed by atoms with E-state index in [0.29, 0.717) is 17.0 Å². The molecule has 2 heterocycles. The van der Waals surface area contributed by atoms with Gasteiger partial charge in [0.05, 0.1) is 18.7 Å². The third kappa shape index (κ3) is 3.27. The van der Waals surface area contributed by atoms with E-state index in [4.69, 9.17) is 4.74 Å². The molecule has 3 N–H and O–H groups in total. The summed E-state index contributed by atoms with van der Waals surface area (Å²) in [5.41, 5.74) is 1.08. The van der Waals surface area contributed by atoms with E-state index in [-0.39, 0.29) is 24.0 Å². The van der Waals surface area contributed by atoms with Crippen LogP contribution in [0.5, 0.6) is 5.75 Å². The van der Waals surface area contributed by atoms with Crippen molar-refractivity contribution < 1.29 is 23.7 Å². The molecule has 10 heteroatoms. The number of fused-ring (bicyclic) bond motifs is 1. The number of nitrogens with zero attached hydrogens (tertiary/aromatic N) is 2. The van der Waals surface area contributed by atoms with Gasteiger partial charge in [0.15, 0.2) is 0 Å². The van der Waals surface area contributed by atoms with Gasteiger partial charge >= 0.3 is 0 Å². The van der Waals surface area contributed by atoms with Gasteiger partial charge in [-0.25, -0.2) is 4.63 Å². The zero-order chi connectivity index (χ0) is 18.0. The Labute approximate surface area is 141 Å². The molecule has 3 rings (SSSR count). The lowest BCUT2D eigenvalue weighted by atomic mass is 9.89. The summed E-state index contributed by atoms with van der Waals surface area (Å²) < 4.78 is 9.76. The zero-order valence-electron chi connectivity index (χ0n) is 13.5. The van der Waals surface area contributed by atoms with Crippen molar-refractivity contribution in [2.75, 3.05) is 23.1 Å². The van der Waals surface area contributed by atoms with Crippen LogP contribution >= 0.6 is 0 Å². The van der Waals surface area contributed by atoms with Gasteiger partial charge in [0, 0.05) is 13.3 Å². The highest BCUT2D eigenvalue weighted by Crippen LogP contribution is 2.39. The predicted octanol–water partition coefficient (Wildman–Crippen LogP) is 1.10. The Balaban J connectivity index is 1.88. The Morgan fingerprint density at radius 1 is 1.28 bits per heavy atom. The molecule has 2 aromatic rings. The average Bonchev–Trinajstić information content (AvgIpc) is 2.99. The van der Waals surface area contributed by atoms with Gasteiger partial charge in [0.2, 0.25) is 29.4 Å². The smallest absolute Gasteiger partial charge is 0.233 e. The Morgan fingerprint density at radius 2 is 2.00 bits per heavy atom. The number of carbonyl (C=O) groups is 3. The molecule has 0 bridgehead atoms. The predicted molar refractivity (Wildman–Crippen MR) is 86.2 cm³/mol. The summed E-state index contributed by atoms with van der Waals surface area (Å²) in [6.45, 7) is 1.29. The van der Waals surface area contributed by atoms with Gasteiger partial charge in [-0.05, 0) is 21.9 Å². The number of amides is 3. The van der Waals surface area contributed by atoms with Crippen molar-refractivity contribution in [2.45, 2.75) is 19.3 Å². The Morgan fingerprint density at radius 3 is 2.68 bits per heavy atom. The second-order valence-corrected chi connectivity index (χ2v) is 5.36. The van der Waals surface area contributed by atoms with E-state index in [1.54, 1.807) is 18.2 Å². The molecule has 130 valence electrons. The maximum Gasteiger partial charge on any atom is 0.233 e. The molecule has 1 atom stereocenters. The number of benzene rings is 1. The summed E-state index contributed by atoms with van der Waals surface area (Å²) in [6, 6.07) is 5.16. The highest BCUT2D eigenvalue weighted by Gasteiger charge is 2.33. The van der Waals surface area contributed by atoms with Crippen molar-refractivity contribution in [3.05, 3.63) is 23.8 Å². The number of rotatable bonds is 4. The molecular weight excluding hydrogens is 330 g/mol. The fourth-order valence-electron chi connectivity index (χ4n) is 2.59. The van der Waals surface area contributed by atoms with Crippen LogP contribution in [-0.4, -0.2) is 35.1 Å². The van der Waals surface area contributed by atoms with Crippen molar-refractivity contribution in [3.63, 3.8) is 0 Å². The van der Waals surface area contributed by atoms with Crippen molar-refractivity contribution in [2.24, 2.45) is 0 Å². The van der Waals surface area contributed by atoms with Crippen molar-refractivity contribution in [1.82, 2.24) is 10.3 Å². The first-order valence-electron chi connectivity index (χ1n) is 7.37. The van der Waals surface area contributed by atoms with Crippen LogP contribution in [-0.2, 0) is 14.4 Å². The maximum atomic E-state index is 12.7. The lowest BCUT2D eigenvalue weighted by Crippen LogP contribution is -2.31. The molecule has 0 radical (unpaired) electrons. The first-order valence-corrected chi connectivity index (χ1v) is 7.37. The van der Waals surface area contributed by atoms with E-state index < -0.39 is 17.7 Å². The number of anilines is 3.